The van der Waals surface area contributed by atoms with E-state index >= 15 is 0 Å². The van der Waals surface area contributed by atoms with Gasteiger partial charge in [0.15, 0.2) is 9.84 Å². The largest absolute Gasteiger partial charge is 0.352 e. The fourth-order valence-corrected chi connectivity index (χ4v) is 4.43. The quantitative estimate of drug-likeness (QED) is 0.910. The first kappa shape index (κ1) is 14.5. The molecule has 0 radical (unpaired) electrons. The van der Waals surface area contributed by atoms with Gasteiger partial charge >= 0.3 is 0 Å². The van der Waals surface area contributed by atoms with Crippen molar-refractivity contribution in [3.8, 4) is 0 Å². The summed E-state index contributed by atoms with van der Waals surface area (Å²) in [5.74, 6) is 0.318. The average Bonchev–Trinajstić information content (AvgIpc) is 2.69. The summed E-state index contributed by atoms with van der Waals surface area (Å²) < 4.78 is 23.5. The molecule has 19 heavy (non-hydrogen) atoms. The third-order valence-corrected chi connectivity index (χ3v) is 5.65. The highest BCUT2D eigenvalue weighted by Gasteiger charge is 2.28. The lowest BCUT2D eigenvalue weighted by Gasteiger charge is -2.11. The summed E-state index contributed by atoms with van der Waals surface area (Å²) >= 11 is 3.34. The molecule has 0 bridgehead atoms. The standard InChI is InChI=1S/C13H16BrNO3S/c1-9-2-3-11(14)6-12(9)13(16)15-7-10-4-5-19(17,18)8-10/h2-3,6,10H,4-5,7-8H2,1H3,(H,15,16). The third-order valence-electron chi connectivity index (χ3n) is 3.32. The van der Waals surface area contributed by atoms with Crippen LogP contribution in [0.2, 0.25) is 0 Å². The molecule has 1 fully saturated rings. The molecular weight excluding hydrogens is 330 g/mol. The topological polar surface area (TPSA) is 63.2 Å². The Labute approximate surface area is 121 Å². The van der Waals surface area contributed by atoms with Gasteiger partial charge in [-0.25, -0.2) is 8.42 Å². The molecule has 1 aromatic rings. The highest BCUT2D eigenvalue weighted by Crippen LogP contribution is 2.19. The van der Waals surface area contributed by atoms with Crippen molar-refractivity contribution < 1.29 is 13.2 Å². The molecule has 1 N–H and O–H groups in total. The molecule has 1 amide bonds. The minimum atomic E-state index is -2.88. The number of hydrogen-bond donors (Lipinski definition) is 1. The molecule has 4 nitrogen and oxygen atoms in total. The van der Waals surface area contributed by atoms with Gasteiger partial charge in [-0.2, -0.15) is 0 Å². The van der Waals surface area contributed by atoms with E-state index in [0.29, 0.717) is 18.5 Å². The van der Waals surface area contributed by atoms with Crippen molar-refractivity contribution >= 4 is 31.7 Å². The van der Waals surface area contributed by atoms with Gasteiger partial charge in [0, 0.05) is 16.6 Å². The van der Waals surface area contributed by atoms with Crippen molar-refractivity contribution in [2.45, 2.75) is 13.3 Å². The Balaban J connectivity index is 1.97. The molecule has 104 valence electrons. The van der Waals surface area contributed by atoms with Crippen LogP contribution in [-0.4, -0.2) is 32.4 Å². The lowest BCUT2D eigenvalue weighted by molar-refractivity contribution is 0.0947. The molecule has 0 saturated carbocycles. The number of rotatable bonds is 3. The molecule has 1 atom stereocenters. The Hall–Kier alpha value is -0.880. The number of nitrogens with one attached hydrogen (secondary N) is 1. The van der Waals surface area contributed by atoms with Crippen LogP contribution >= 0.6 is 15.9 Å². The van der Waals surface area contributed by atoms with Gasteiger partial charge < -0.3 is 5.32 Å². The lowest BCUT2D eigenvalue weighted by Crippen LogP contribution is -2.30. The molecule has 0 aromatic heterocycles. The lowest BCUT2D eigenvalue weighted by atomic mass is 10.1. The predicted molar refractivity (Wildman–Crippen MR) is 78.0 cm³/mol. The Kier molecular flexibility index (Phi) is 4.30. The van der Waals surface area contributed by atoms with Crippen molar-refractivity contribution in [1.82, 2.24) is 5.32 Å². The van der Waals surface area contributed by atoms with Crippen LogP contribution in [0.15, 0.2) is 22.7 Å². The number of carbonyl (C=O) groups is 1. The van der Waals surface area contributed by atoms with Crippen LogP contribution in [0.5, 0.6) is 0 Å². The zero-order chi connectivity index (χ0) is 14.0. The summed E-state index contributed by atoms with van der Waals surface area (Å²) in [5, 5.41) is 2.82. The maximum atomic E-state index is 12.1. The summed E-state index contributed by atoms with van der Waals surface area (Å²) in [6.07, 6.45) is 0.639. The molecule has 1 heterocycles. The SMILES string of the molecule is Cc1ccc(Br)cc1C(=O)NCC1CCS(=O)(=O)C1. The van der Waals surface area contributed by atoms with E-state index in [1.165, 1.54) is 0 Å². The molecular formula is C13H16BrNO3S. The number of hydrogen-bond acceptors (Lipinski definition) is 3. The minimum Gasteiger partial charge on any atom is -0.352 e. The summed E-state index contributed by atoms with van der Waals surface area (Å²) in [4.78, 5) is 12.1. The van der Waals surface area contributed by atoms with E-state index in [4.69, 9.17) is 0 Å². The normalized spacial score (nSPS) is 21.3. The Morgan fingerprint density at radius 3 is 2.84 bits per heavy atom. The number of benzene rings is 1. The number of sulfone groups is 1. The van der Waals surface area contributed by atoms with E-state index in [1.807, 2.05) is 19.1 Å². The van der Waals surface area contributed by atoms with Crippen LogP contribution in [0, 0.1) is 12.8 Å². The van der Waals surface area contributed by atoms with Crippen LogP contribution in [0.1, 0.15) is 22.3 Å². The van der Waals surface area contributed by atoms with E-state index in [0.717, 1.165) is 10.0 Å². The van der Waals surface area contributed by atoms with E-state index in [-0.39, 0.29) is 23.3 Å². The second-order valence-corrected chi connectivity index (χ2v) is 8.08. The molecule has 1 aromatic carbocycles. The fourth-order valence-electron chi connectivity index (χ4n) is 2.20. The molecule has 0 spiro atoms. The first-order valence-electron chi connectivity index (χ1n) is 6.12. The molecule has 1 aliphatic heterocycles. The van der Waals surface area contributed by atoms with Gasteiger partial charge in [0.05, 0.1) is 11.5 Å². The highest BCUT2D eigenvalue weighted by atomic mass is 79.9. The number of halogens is 1. The number of amides is 1. The van der Waals surface area contributed by atoms with Crippen molar-refractivity contribution in [2.24, 2.45) is 5.92 Å². The average molecular weight is 346 g/mol. The zero-order valence-electron chi connectivity index (χ0n) is 10.6. The number of aryl methyl sites for hydroxylation is 1. The summed E-state index contributed by atoms with van der Waals surface area (Å²) in [5.41, 5.74) is 1.52. The fraction of sp³-hybridized carbons (Fsp3) is 0.462. The van der Waals surface area contributed by atoms with Gasteiger partial charge in [-0.3, -0.25) is 4.79 Å². The summed E-state index contributed by atoms with van der Waals surface area (Å²) in [6, 6.07) is 5.53. The van der Waals surface area contributed by atoms with Gasteiger partial charge in [-0.15, -0.1) is 0 Å². The Morgan fingerprint density at radius 2 is 2.21 bits per heavy atom. The maximum Gasteiger partial charge on any atom is 0.251 e. The predicted octanol–water partition coefficient (Wildman–Crippen LogP) is 1.92. The van der Waals surface area contributed by atoms with Crippen LogP contribution in [0.3, 0.4) is 0 Å². The molecule has 6 heteroatoms. The first-order valence-corrected chi connectivity index (χ1v) is 8.73. The van der Waals surface area contributed by atoms with Gasteiger partial charge in [0.2, 0.25) is 0 Å². The summed E-state index contributed by atoms with van der Waals surface area (Å²) in [6.45, 7) is 2.30. The molecule has 2 rings (SSSR count). The molecule has 1 aliphatic rings. The van der Waals surface area contributed by atoms with Crippen LogP contribution in [-0.2, 0) is 9.84 Å². The molecule has 0 aliphatic carbocycles. The molecule has 1 unspecified atom stereocenters. The monoisotopic (exact) mass is 345 g/mol. The van der Waals surface area contributed by atoms with Crippen molar-refractivity contribution in [3.63, 3.8) is 0 Å². The second-order valence-electron chi connectivity index (χ2n) is 4.94. The van der Waals surface area contributed by atoms with E-state index < -0.39 is 9.84 Å². The number of carbonyl (C=O) groups excluding carboxylic acids is 1. The van der Waals surface area contributed by atoms with Gasteiger partial charge in [-0.05, 0) is 37.0 Å². The second kappa shape index (κ2) is 5.63. The Morgan fingerprint density at radius 1 is 1.47 bits per heavy atom. The van der Waals surface area contributed by atoms with Gasteiger partial charge in [0.25, 0.3) is 5.91 Å². The smallest absolute Gasteiger partial charge is 0.251 e. The van der Waals surface area contributed by atoms with Gasteiger partial charge in [0.1, 0.15) is 0 Å². The highest BCUT2D eigenvalue weighted by molar-refractivity contribution is 9.10. The third kappa shape index (κ3) is 3.79. The van der Waals surface area contributed by atoms with E-state index in [1.54, 1.807) is 6.07 Å². The van der Waals surface area contributed by atoms with Gasteiger partial charge in [-0.1, -0.05) is 22.0 Å². The van der Waals surface area contributed by atoms with E-state index in [9.17, 15) is 13.2 Å². The summed E-state index contributed by atoms with van der Waals surface area (Å²) in [7, 11) is -2.88. The van der Waals surface area contributed by atoms with Crippen LogP contribution in [0.4, 0.5) is 0 Å². The first-order chi connectivity index (χ1) is 8.87. The van der Waals surface area contributed by atoms with Crippen molar-refractivity contribution in [1.29, 1.82) is 0 Å². The van der Waals surface area contributed by atoms with Crippen molar-refractivity contribution in [2.75, 3.05) is 18.1 Å². The van der Waals surface area contributed by atoms with Crippen LogP contribution in [0.25, 0.3) is 0 Å². The minimum absolute atomic E-state index is 0.0430. The van der Waals surface area contributed by atoms with Crippen LogP contribution < -0.4 is 5.32 Å². The molecule has 1 saturated heterocycles. The maximum absolute atomic E-state index is 12.1. The Bertz CT molecular complexity index is 598. The van der Waals surface area contributed by atoms with E-state index in [2.05, 4.69) is 21.2 Å². The van der Waals surface area contributed by atoms with Crippen molar-refractivity contribution in [3.05, 3.63) is 33.8 Å². The zero-order valence-corrected chi connectivity index (χ0v) is 13.1.